The van der Waals surface area contributed by atoms with Crippen LogP contribution in [0.3, 0.4) is 0 Å². The normalized spacial score (nSPS) is 17.7. The summed E-state index contributed by atoms with van der Waals surface area (Å²) >= 11 is 0.761. The lowest BCUT2D eigenvalue weighted by atomic mass is 10.2. The summed E-state index contributed by atoms with van der Waals surface area (Å²) in [7, 11) is 0. The zero-order valence-electron chi connectivity index (χ0n) is 12.4. The van der Waals surface area contributed by atoms with Crippen LogP contribution in [0.15, 0.2) is 23.1 Å². The predicted molar refractivity (Wildman–Crippen MR) is 78.8 cm³/mol. The molecular formula is C14H14F3NO5S. The highest BCUT2D eigenvalue weighted by Crippen LogP contribution is 2.36. The number of carbonyl (C=O) groups excluding carboxylic acids is 1. The number of nitro groups is 1. The Morgan fingerprint density at radius 1 is 1.46 bits per heavy atom. The third kappa shape index (κ3) is 5.10. The first-order chi connectivity index (χ1) is 11.3. The van der Waals surface area contributed by atoms with Gasteiger partial charge in [-0.05, 0) is 25.0 Å². The number of nitro benzene ring substituents is 1. The van der Waals surface area contributed by atoms with Crippen LogP contribution in [0.2, 0.25) is 0 Å². The van der Waals surface area contributed by atoms with Gasteiger partial charge in [0, 0.05) is 12.7 Å². The number of carbonyl (C=O) groups is 1. The van der Waals surface area contributed by atoms with E-state index in [1.165, 1.54) is 0 Å². The number of hydrogen-bond acceptors (Lipinski definition) is 6. The molecule has 1 atom stereocenters. The van der Waals surface area contributed by atoms with E-state index in [-0.39, 0.29) is 23.4 Å². The zero-order valence-corrected chi connectivity index (χ0v) is 13.2. The average Bonchev–Trinajstić information content (AvgIpc) is 3.03. The van der Waals surface area contributed by atoms with Crippen molar-refractivity contribution in [1.82, 2.24) is 0 Å². The van der Waals surface area contributed by atoms with Gasteiger partial charge in [-0.1, -0.05) is 0 Å². The second kappa shape index (κ2) is 7.84. The van der Waals surface area contributed by atoms with Gasteiger partial charge in [0.1, 0.15) is 6.61 Å². The van der Waals surface area contributed by atoms with Gasteiger partial charge in [-0.2, -0.15) is 13.2 Å². The van der Waals surface area contributed by atoms with E-state index >= 15 is 0 Å². The Kier molecular flexibility index (Phi) is 6.05. The Bertz CT molecular complexity index is 617. The first-order valence-corrected chi connectivity index (χ1v) is 8.01. The molecule has 0 bridgehead atoms. The minimum Gasteiger partial charge on any atom is -0.462 e. The molecule has 1 aromatic carbocycles. The van der Waals surface area contributed by atoms with E-state index in [0.717, 1.165) is 36.7 Å². The number of nitrogens with zero attached hydrogens (tertiary/aromatic N) is 1. The number of ether oxygens (including phenoxy) is 2. The second-order valence-corrected chi connectivity index (χ2v) is 6.06. The fraction of sp³-hybridized carbons (Fsp3) is 0.500. The molecule has 0 amide bonds. The number of alkyl halides is 3. The van der Waals surface area contributed by atoms with Gasteiger partial charge in [0.2, 0.25) is 0 Å². The highest BCUT2D eigenvalue weighted by molar-refractivity contribution is 8.00. The fourth-order valence-corrected chi connectivity index (χ4v) is 2.90. The van der Waals surface area contributed by atoms with Crippen molar-refractivity contribution in [3.05, 3.63) is 33.9 Å². The van der Waals surface area contributed by atoms with E-state index in [0.29, 0.717) is 12.7 Å². The molecule has 0 aromatic heterocycles. The molecule has 10 heteroatoms. The van der Waals surface area contributed by atoms with Crippen molar-refractivity contribution in [3.63, 3.8) is 0 Å². The minimum atomic E-state index is -4.67. The third-order valence-electron chi connectivity index (χ3n) is 3.28. The maximum Gasteiger partial charge on any atom is 0.416 e. The summed E-state index contributed by atoms with van der Waals surface area (Å²) in [5.74, 6) is -0.844. The molecule has 1 aromatic rings. The molecule has 0 radical (unpaired) electrons. The smallest absolute Gasteiger partial charge is 0.416 e. The summed E-state index contributed by atoms with van der Waals surface area (Å²) in [4.78, 5) is 21.6. The van der Waals surface area contributed by atoms with E-state index < -0.39 is 28.3 Å². The summed E-state index contributed by atoms with van der Waals surface area (Å²) in [5.41, 5.74) is -1.80. The van der Waals surface area contributed by atoms with Crippen LogP contribution in [0, 0.1) is 10.1 Å². The van der Waals surface area contributed by atoms with Gasteiger partial charge >= 0.3 is 12.1 Å². The summed E-state index contributed by atoms with van der Waals surface area (Å²) in [5, 5.41) is 10.9. The highest BCUT2D eigenvalue weighted by Gasteiger charge is 2.33. The molecule has 0 spiro atoms. The quantitative estimate of drug-likeness (QED) is 0.333. The van der Waals surface area contributed by atoms with Gasteiger partial charge in [0.05, 0.1) is 27.2 Å². The molecule has 1 aliphatic rings. The molecule has 1 fully saturated rings. The molecule has 1 saturated heterocycles. The van der Waals surface area contributed by atoms with Crippen molar-refractivity contribution < 1.29 is 32.4 Å². The number of halogens is 3. The molecule has 132 valence electrons. The lowest BCUT2D eigenvalue weighted by Gasteiger charge is -2.10. The van der Waals surface area contributed by atoms with Gasteiger partial charge in [-0.3, -0.25) is 14.9 Å². The Hall–Kier alpha value is -1.81. The van der Waals surface area contributed by atoms with Crippen LogP contribution in [0.4, 0.5) is 18.9 Å². The number of thioether (sulfide) groups is 1. The van der Waals surface area contributed by atoms with Gasteiger partial charge in [0.15, 0.2) is 0 Å². The standard InChI is InChI=1S/C14H14F3NO5S/c15-14(16,17)9-3-4-12(11(6-9)18(20)21)24-8-13(19)23-7-10-2-1-5-22-10/h3-4,6,10H,1-2,5,7-8H2/t10-/m0/s1. The number of hydrogen-bond donors (Lipinski definition) is 0. The van der Waals surface area contributed by atoms with Crippen LogP contribution in [0.25, 0.3) is 0 Å². The fourth-order valence-electron chi connectivity index (χ4n) is 2.10. The van der Waals surface area contributed by atoms with Gasteiger partial charge < -0.3 is 9.47 Å². The summed E-state index contributed by atoms with van der Waals surface area (Å²) in [6.45, 7) is 0.725. The van der Waals surface area contributed by atoms with E-state index in [2.05, 4.69) is 0 Å². The van der Waals surface area contributed by atoms with Gasteiger partial charge in [0.25, 0.3) is 5.69 Å². The largest absolute Gasteiger partial charge is 0.462 e. The molecule has 6 nitrogen and oxygen atoms in total. The second-order valence-electron chi connectivity index (χ2n) is 5.04. The van der Waals surface area contributed by atoms with Gasteiger partial charge in [-0.15, -0.1) is 11.8 Å². The predicted octanol–water partition coefficient (Wildman–Crippen LogP) is 3.43. The lowest BCUT2D eigenvalue weighted by molar-refractivity contribution is -0.388. The molecule has 0 saturated carbocycles. The van der Waals surface area contributed by atoms with E-state index in [9.17, 15) is 28.1 Å². The topological polar surface area (TPSA) is 78.7 Å². The van der Waals surface area contributed by atoms with Crippen molar-refractivity contribution in [2.24, 2.45) is 0 Å². The van der Waals surface area contributed by atoms with Crippen molar-refractivity contribution in [1.29, 1.82) is 0 Å². The average molecular weight is 365 g/mol. The third-order valence-corrected chi connectivity index (χ3v) is 4.32. The van der Waals surface area contributed by atoms with Crippen LogP contribution in [-0.2, 0) is 20.4 Å². The highest BCUT2D eigenvalue weighted by atomic mass is 32.2. The van der Waals surface area contributed by atoms with E-state index in [4.69, 9.17) is 9.47 Å². The molecule has 0 unspecified atom stereocenters. The number of benzene rings is 1. The summed E-state index contributed by atoms with van der Waals surface area (Å²) in [6.07, 6.45) is -3.12. The molecule has 24 heavy (non-hydrogen) atoms. The van der Waals surface area contributed by atoms with Crippen molar-refractivity contribution in [2.75, 3.05) is 19.0 Å². The monoisotopic (exact) mass is 365 g/mol. The molecule has 2 rings (SSSR count). The Labute approximate surface area is 139 Å². The Morgan fingerprint density at radius 3 is 2.79 bits per heavy atom. The number of esters is 1. The first-order valence-electron chi connectivity index (χ1n) is 7.03. The molecular weight excluding hydrogens is 351 g/mol. The Balaban J connectivity index is 1.95. The van der Waals surface area contributed by atoms with E-state index in [1.807, 2.05) is 0 Å². The lowest BCUT2D eigenvalue weighted by Crippen LogP contribution is -2.18. The minimum absolute atomic E-state index is 0.0259. The van der Waals surface area contributed by atoms with Crippen LogP contribution in [-0.4, -0.2) is 36.0 Å². The number of rotatable bonds is 6. The molecule has 1 heterocycles. The van der Waals surface area contributed by atoms with Crippen LogP contribution in [0.5, 0.6) is 0 Å². The van der Waals surface area contributed by atoms with Crippen molar-refractivity contribution in [2.45, 2.75) is 30.0 Å². The summed E-state index contributed by atoms with van der Waals surface area (Å²) < 4.78 is 48.1. The zero-order chi connectivity index (χ0) is 17.7. The molecule has 1 aliphatic heterocycles. The van der Waals surface area contributed by atoms with Crippen LogP contribution < -0.4 is 0 Å². The Morgan fingerprint density at radius 2 is 2.21 bits per heavy atom. The van der Waals surface area contributed by atoms with Crippen molar-refractivity contribution in [3.8, 4) is 0 Å². The van der Waals surface area contributed by atoms with Gasteiger partial charge in [-0.25, -0.2) is 0 Å². The summed E-state index contributed by atoms with van der Waals surface area (Å²) in [6, 6.07) is 2.19. The molecule has 0 N–H and O–H groups in total. The molecule has 0 aliphatic carbocycles. The SMILES string of the molecule is O=C(CSc1ccc(C(F)(F)F)cc1[N+](=O)[O-])OC[C@@H]1CCCO1. The van der Waals surface area contributed by atoms with Crippen LogP contribution in [0.1, 0.15) is 18.4 Å². The maximum atomic E-state index is 12.6. The van der Waals surface area contributed by atoms with Crippen LogP contribution >= 0.6 is 11.8 Å². The maximum absolute atomic E-state index is 12.6. The van der Waals surface area contributed by atoms with Crippen molar-refractivity contribution >= 4 is 23.4 Å². The van der Waals surface area contributed by atoms with E-state index in [1.54, 1.807) is 0 Å². The first kappa shape index (κ1) is 18.5.